The molecule has 0 atom stereocenters. The van der Waals surface area contributed by atoms with Crippen molar-refractivity contribution in [2.24, 2.45) is 0 Å². The predicted octanol–water partition coefficient (Wildman–Crippen LogP) is 2.84. The number of aromatic nitrogens is 1. The molecule has 0 saturated heterocycles. The molecule has 0 radical (unpaired) electrons. The van der Waals surface area contributed by atoms with Crippen molar-refractivity contribution in [3.05, 3.63) is 24.0 Å². The van der Waals surface area contributed by atoms with Crippen molar-refractivity contribution < 1.29 is 4.74 Å². The van der Waals surface area contributed by atoms with Crippen LogP contribution in [0.2, 0.25) is 0 Å². The summed E-state index contributed by atoms with van der Waals surface area (Å²) in [7, 11) is 0. The molecule has 17 heavy (non-hydrogen) atoms. The highest BCUT2D eigenvalue weighted by Gasteiger charge is 2.12. The Labute approximate surface area is 104 Å². The molecule has 1 aromatic rings. The highest BCUT2D eigenvalue weighted by atomic mass is 16.5. The molecule has 1 aromatic heterocycles. The lowest BCUT2D eigenvalue weighted by Gasteiger charge is -2.21. The Morgan fingerprint density at radius 3 is 2.94 bits per heavy atom. The predicted molar refractivity (Wildman–Crippen MR) is 69.9 cm³/mol. The minimum absolute atomic E-state index is 0.548. The van der Waals surface area contributed by atoms with Crippen LogP contribution in [0.5, 0.6) is 0 Å². The maximum Gasteiger partial charge on any atom is 0.0575 e. The van der Waals surface area contributed by atoms with Crippen LogP contribution in [-0.4, -0.2) is 24.2 Å². The number of ether oxygens (including phenoxy) is 1. The Morgan fingerprint density at radius 2 is 2.18 bits per heavy atom. The maximum atomic E-state index is 5.87. The van der Waals surface area contributed by atoms with Crippen LogP contribution in [0, 0.1) is 0 Å². The molecule has 96 valence electrons. The smallest absolute Gasteiger partial charge is 0.0575 e. The average Bonchev–Trinajstić information content (AvgIpc) is 2.88. The summed E-state index contributed by atoms with van der Waals surface area (Å²) in [5.74, 6) is 0. The Hall–Kier alpha value is -0.800. The van der Waals surface area contributed by atoms with E-state index < -0.39 is 0 Å². The van der Waals surface area contributed by atoms with Gasteiger partial charge in [-0.15, -0.1) is 0 Å². The van der Waals surface area contributed by atoms with Crippen LogP contribution >= 0.6 is 0 Å². The van der Waals surface area contributed by atoms with E-state index >= 15 is 0 Å². The van der Waals surface area contributed by atoms with Gasteiger partial charge in [0, 0.05) is 25.0 Å². The first-order valence-electron chi connectivity index (χ1n) is 6.90. The SMILES string of the molecule is c1c[nH]c(CNCCCOC2CCCCC2)c1. The molecule has 0 aromatic carbocycles. The molecule has 1 fully saturated rings. The van der Waals surface area contributed by atoms with Gasteiger partial charge in [-0.2, -0.15) is 0 Å². The van der Waals surface area contributed by atoms with Gasteiger partial charge in [0.2, 0.25) is 0 Å². The van der Waals surface area contributed by atoms with Crippen molar-refractivity contribution in [3.8, 4) is 0 Å². The summed E-state index contributed by atoms with van der Waals surface area (Å²) in [4.78, 5) is 3.19. The van der Waals surface area contributed by atoms with Crippen molar-refractivity contribution in [2.45, 2.75) is 51.2 Å². The van der Waals surface area contributed by atoms with Gasteiger partial charge in [-0.1, -0.05) is 19.3 Å². The minimum Gasteiger partial charge on any atom is -0.378 e. The zero-order valence-corrected chi connectivity index (χ0v) is 10.6. The zero-order valence-electron chi connectivity index (χ0n) is 10.6. The largest absolute Gasteiger partial charge is 0.378 e. The van der Waals surface area contributed by atoms with E-state index in [1.807, 2.05) is 12.3 Å². The second-order valence-corrected chi connectivity index (χ2v) is 4.86. The lowest BCUT2D eigenvalue weighted by molar-refractivity contribution is 0.0273. The van der Waals surface area contributed by atoms with Crippen molar-refractivity contribution in [1.82, 2.24) is 10.3 Å². The van der Waals surface area contributed by atoms with E-state index in [4.69, 9.17) is 4.74 Å². The molecule has 0 bridgehead atoms. The molecule has 2 N–H and O–H groups in total. The summed E-state index contributed by atoms with van der Waals surface area (Å²) in [6.45, 7) is 2.87. The highest BCUT2D eigenvalue weighted by molar-refractivity contribution is 5.02. The summed E-state index contributed by atoms with van der Waals surface area (Å²) >= 11 is 0. The van der Waals surface area contributed by atoms with E-state index in [1.165, 1.54) is 37.8 Å². The lowest BCUT2D eigenvalue weighted by atomic mass is 9.98. The molecule has 1 aliphatic carbocycles. The molecular weight excluding hydrogens is 212 g/mol. The van der Waals surface area contributed by atoms with Crippen molar-refractivity contribution >= 4 is 0 Å². The summed E-state index contributed by atoms with van der Waals surface area (Å²) < 4.78 is 5.87. The van der Waals surface area contributed by atoms with Crippen molar-refractivity contribution in [3.63, 3.8) is 0 Å². The van der Waals surface area contributed by atoms with Crippen LogP contribution in [0.1, 0.15) is 44.2 Å². The van der Waals surface area contributed by atoms with E-state index in [9.17, 15) is 0 Å². The Morgan fingerprint density at radius 1 is 1.29 bits per heavy atom. The van der Waals surface area contributed by atoms with Crippen LogP contribution in [0.4, 0.5) is 0 Å². The number of hydrogen-bond donors (Lipinski definition) is 2. The molecule has 3 heteroatoms. The third-order valence-electron chi connectivity index (χ3n) is 3.38. The first kappa shape index (κ1) is 12.7. The molecule has 0 aliphatic heterocycles. The van der Waals surface area contributed by atoms with E-state index in [0.29, 0.717) is 6.10 Å². The fourth-order valence-electron chi connectivity index (χ4n) is 2.38. The first-order valence-corrected chi connectivity index (χ1v) is 6.90. The molecular formula is C14H24N2O. The van der Waals surface area contributed by atoms with Gasteiger partial charge in [-0.05, 0) is 37.9 Å². The van der Waals surface area contributed by atoms with E-state index in [-0.39, 0.29) is 0 Å². The first-order chi connectivity index (χ1) is 8.45. The third kappa shape index (κ3) is 4.92. The van der Waals surface area contributed by atoms with Gasteiger partial charge >= 0.3 is 0 Å². The molecule has 2 rings (SSSR count). The van der Waals surface area contributed by atoms with Gasteiger partial charge in [-0.25, -0.2) is 0 Å². The van der Waals surface area contributed by atoms with E-state index in [1.54, 1.807) is 0 Å². The zero-order chi connectivity index (χ0) is 11.8. The summed E-state index contributed by atoms with van der Waals surface area (Å²) in [5.41, 5.74) is 1.25. The van der Waals surface area contributed by atoms with Crippen LogP contribution in [0.3, 0.4) is 0 Å². The minimum atomic E-state index is 0.548. The third-order valence-corrected chi connectivity index (χ3v) is 3.38. The molecule has 1 aliphatic rings. The van der Waals surface area contributed by atoms with Gasteiger partial charge in [0.25, 0.3) is 0 Å². The fraction of sp³-hybridized carbons (Fsp3) is 0.714. The summed E-state index contributed by atoms with van der Waals surface area (Å²) in [6.07, 6.45) is 10.3. The summed E-state index contributed by atoms with van der Waals surface area (Å²) in [5, 5.41) is 3.41. The van der Waals surface area contributed by atoms with Gasteiger partial charge in [-0.3, -0.25) is 0 Å². The van der Waals surface area contributed by atoms with E-state index in [2.05, 4.69) is 16.4 Å². The summed E-state index contributed by atoms with van der Waals surface area (Å²) in [6, 6.07) is 4.13. The Bertz CT molecular complexity index is 278. The number of rotatable bonds is 7. The second kappa shape index (κ2) is 7.51. The van der Waals surface area contributed by atoms with Gasteiger partial charge < -0.3 is 15.0 Å². The van der Waals surface area contributed by atoms with Crippen molar-refractivity contribution in [1.29, 1.82) is 0 Å². The van der Waals surface area contributed by atoms with Crippen LogP contribution in [0.15, 0.2) is 18.3 Å². The number of nitrogens with one attached hydrogen (secondary N) is 2. The van der Waals surface area contributed by atoms with Gasteiger partial charge in [0.05, 0.1) is 6.10 Å². The monoisotopic (exact) mass is 236 g/mol. The quantitative estimate of drug-likeness (QED) is 0.714. The standard InChI is InChI=1S/C14H24N2O/c1-2-7-14(8-3-1)17-11-5-9-15-12-13-6-4-10-16-13/h4,6,10,14-16H,1-3,5,7-9,11-12H2. The average molecular weight is 236 g/mol. The number of aromatic amines is 1. The Kier molecular flexibility index (Phi) is 5.59. The van der Waals surface area contributed by atoms with Gasteiger partial charge in [0.15, 0.2) is 0 Å². The van der Waals surface area contributed by atoms with Crippen molar-refractivity contribution in [2.75, 3.05) is 13.2 Å². The van der Waals surface area contributed by atoms with Crippen LogP contribution in [-0.2, 0) is 11.3 Å². The molecule has 1 saturated carbocycles. The number of H-pyrrole nitrogens is 1. The normalized spacial score (nSPS) is 17.4. The number of hydrogen-bond acceptors (Lipinski definition) is 2. The fourth-order valence-corrected chi connectivity index (χ4v) is 2.38. The molecule has 0 unspecified atom stereocenters. The molecule has 3 nitrogen and oxygen atoms in total. The van der Waals surface area contributed by atoms with Crippen LogP contribution in [0.25, 0.3) is 0 Å². The van der Waals surface area contributed by atoms with Crippen LogP contribution < -0.4 is 5.32 Å². The lowest BCUT2D eigenvalue weighted by Crippen LogP contribution is -2.20. The van der Waals surface area contributed by atoms with E-state index in [0.717, 1.165) is 26.1 Å². The highest BCUT2D eigenvalue weighted by Crippen LogP contribution is 2.20. The molecule has 0 spiro atoms. The Balaban J connectivity index is 1.43. The topological polar surface area (TPSA) is 37.0 Å². The molecule has 0 amide bonds. The molecule has 1 heterocycles. The van der Waals surface area contributed by atoms with Gasteiger partial charge in [0.1, 0.15) is 0 Å². The maximum absolute atomic E-state index is 5.87. The second-order valence-electron chi connectivity index (χ2n) is 4.86.